The Bertz CT molecular complexity index is 1260. The van der Waals surface area contributed by atoms with Crippen LogP contribution < -0.4 is 10.9 Å². The summed E-state index contributed by atoms with van der Waals surface area (Å²) in [6, 6.07) is 13.6. The minimum atomic E-state index is -0.432. The third-order valence-corrected chi connectivity index (χ3v) is 6.91. The number of aromatic nitrogens is 3. The number of nitrogens with one attached hydrogen (secondary N) is 1. The van der Waals surface area contributed by atoms with E-state index in [1.165, 1.54) is 0 Å². The van der Waals surface area contributed by atoms with Gasteiger partial charge in [0.2, 0.25) is 0 Å². The van der Waals surface area contributed by atoms with Crippen molar-refractivity contribution < 1.29 is 9.59 Å². The van der Waals surface area contributed by atoms with Gasteiger partial charge in [-0.1, -0.05) is 43.2 Å². The van der Waals surface area contributed by atoms with Crippen LogP contribution in [-0.4, -0.2) is 68.5 Å². The number of piperazine rings is 1. The van der Waals surface area contributed by atoms with Gasteiger partial charge in [0, 0.05) is 45.0 Å². The van der Waals surface area contributed by atoms with Gasteiger partial charge >= 0.3 is 6.03 Å². The zero-order chi connectivity index (χ0) is 24.2. The summed E-state index contributed by atoms with van der Waals surface area (Å²) in [4.78, 5) is 51.5. The van der Waals surface area contributed by atoms with Crippen molar-refractivity contribution in [2.75, 3.05) is 26.2 Å². The predicted octanol–water partition coefficient (Wildman–Crippen LogP) is 2.44. The molecule has 0 bridgehead atoms. The van der Waals surface area contributed by atoms with E-state index in [1.807, 2.05) is 30.3 Å². The van der Waals surface area contributed by atoms with Crippen LogP contribution in [0.2, 0.25) is 0 Å². The number of pyridine rings is 1. The number of hydrogen-bond acceptors (Lipinski definition) is 5. The summed E-state index contributed by atoms with van der Waals surface area (Å²) in [5, 5.41) is 3.10. The summed E-state index contributed by atoms with van der Waals surface area (Å²) in [5.74, 6) is -0.398. The van der Waals surface area contributed by atoms with Crippen LogP contribution in [0.4, 0.5) is 4.79 Å². The fraction of sp³-hybridized carbons (Fsp3) is 0.423. The Morgan fingerprint density at radius 3 is 2.40 bits per heavy atom. The standard InChI is InChI=1S/C26H30N6O3/c33-24(30-15-17-31(18-16-30)26(35)28-20-9-4-5-10-20)22-25(34)32(14-12-19-7-2-1-3-8-19)23-21(29-22)11-6-13-27-23/h1-3,6-8,11,13,20H,4-5,9-10,12,14-18H2,(H,28,35). The molecule has 0 spiro atoms. The van der Waals surface area contributed by atoms with E-state index in [-0.39, 0.29) is 17.8 Å². The summed E-state index contributed by atoms with van der Waals surface area (Å²) in [7, 11) is 0. The maximum Gasteiger partial charge on any atom is 0.317 e. The molecule has 1 saturated carbocycles. The molecular weight excluding hydrogens is 444 g/mol. The van der Waals surface area contributed by atoms with Crippen molar-refractivity contribution in [3.05, 3.63) is 70.3 Å². The van der Waals surface area contributed by atoms with E-state index in [9.17, 15) is 14.4 Å². The van der Waals surface area contributed by atoms with Crippen LogP contribution in [0.25, 0.3) is 11.2 Å². The van der Waals surface area contributed by atoms with Crippen LogP contribution in [0.15, 0.2) is 53.5 Å². The van der Waals surface area contributed by atoms with Crippen LogP contribution >= 0.6 is 0 Å². The molecule has 9 heteroatoms. The van der Waals surface area contributed by atoms with Crippen LogP contribution in [-0.2, 0) is 13.0 Å². The molecule has 35 heavy (non-hydrogen) atoms. The first kappa shape index (κ1) is 23.0. The Kier molecular flexibility index (Phi) is 6.74. The van der Waals surface area contributed by atoms with Gasteiger partial charge in [0.25, 0.3) is 11.5 Å². The lowest BCUT2D eigenvalue weighted by Crippen LogP contribution is -2.55. The lowest BCUT2D eigenvalue weighted by Gasteiger charge is -2.35. The number of carbonyl (C=O) groups is 2. The average molecular weight is 475 g/mol. The summed E-state index contributed by atoms with van der Waals surface area (Å²) >= 11 is 0. The summed E-state index contributed by atoms with van der Waals surface area (Å²) < 4.78 is 1.55. The Balaban J connectivity index is 1.32. The number of amides is 3. The molecule has 2 aromatic heterocycles. The van der Waals surface area contributed by atoms with E-state index >= 15 is 0 Å². The summed E-state index contributed by atoms with van der Waals surface area (Å²) in [6.45, 7) is 2.00. The number of urea groups is 1. The topological polar surface area (TPSA) is 100 Å². The molecule has 1 aliphatic carbocycles. The highest BCUT2D eigenvalue weighted by atomic mass is 16.2. The highest BCUT2D eigenvalue weighted by Crippen LogP contribution is 2.18. The van der Waals surface area contributed by atoms with Gasteiger partial charge in [0.1, 0.15) is 5.52 Å². The first-order valence-corrected chi connectivity index (χ1v) is 12.3. The number of carbonyl (C=O) groups excluding carboxylic acids is 2. The third kappa shape index (κ3) is 5.03. The van der Waals surface area contributed by atoms with Crippen molar-refractivity contribution in [3.63, 3.8) is 0 Å². The van der Waals surface area contributed by atoms with E-state index in [1.54, 1.807) is 32.7 Å². The second kappa shape index (κ2) is 10.2. The minimum Gasteiger partial charge on any atom is -0.335 e. The molecule has 2 aliphatic rings. The monoisotopic (exact) mass is 474 g/mol. The van der Waals surface area contributed by atoms with E-state index in [0.29, 0.717) is 50.3 Å². The summed E-state index contributed by atoms with van der Waals surface area (Å²) in [6.07, 6.45) is 6.64. The maximum absolute atomic E-state index is 13.4. The van der Waals surface area contributed by atoms with Crippen molar-refractivity contribution in [2.24, 2.45) is 0 Å². The van der Waals surface area contributed by atoms with Gasteiger partial charge in [-0.3, -0.25) is 14.2 Å². The number of fused-ring (bicyclic) bond motifs is 1. The number of aryl methyl sites for hydroxylation is 2. The van der Waals surface area contributed by atoms with Crippen molar-refractivity contribution in [1.29, 1.82) is 0 Å². The molecule has 3 heterocycles. The molecule has 0 radical (unpaired) electrons. The van der Waals surface area contributed by atoms with Gasteiger partial charge in [-0.25, -0.2) is 14.8 Å². The smallest absolute Gasteiger partial charge is 0.317 e. The number of rotatable bonds is 5. The van der Waals surface area contributed by atoms with E-state index < -0.39 is 11.5 Å². The normalized spacial score (nSPS) is 16.6. The maximum atomic E-state index is 13.4. The molecule has 1 saturated heterocycles. The fourth-order valence-electron chi connectivity index (χ4n) is 4.91. The third-order valence-electron chi connectivity index (χ3n) is 6.91. The van der Waals surface area contributed by atoms with Crippen molar-refractivity contribution in [1.82, 2.24) is 29.7 Å². The summed E-state index contributed by atoms with van der Waals surface area (Å²) in [5.41, 5.74) is 1.55. The molecule has 1 aromatic carbocycles. The Hall–Kier alpha value is -3.75. The van der Waals surface area contributed by atoms with Crippen LogP contribution in [0.3, 0.4) is 0 Å². The molecule has 0 atom stereocenters. The fourth-order valence-corrected chi connectivity index (χ4v) is 4.91. The molecule has 0 unspecified atom stereocenters. The van der Waals surface area contributed by atoms with Gasteiger partial charge in [0.05, 0.1) is 0 Å². The van der Waals surface area contributed by atoms with Gasteiger partial charge in [0.15, 0.2) is 11.3 Å². The number of hydrogen-bond donors (Lipinski definition) is 1. The second-order valence-corrected chi connectivity index (χ2v) is 9.21. The molecule has 2 fully saturated rings. The quantitative estimate of drug-likeness (QED) is 0.612. The zero-order valence-corrected chi connectivity index (χ0v) is 19.7. The van der Waals surface area contributed by atoms with Crippen molar-refractivity contribution in [2.45, 2.75) is 44.7 Å². The highest BCUT2D eigenvalue weighted by molar-refractivity contribution is 5.93. The molecule has 1 N–H and O–H groups in total. The zero-order valence-electron chi connectivity index (χ0n) is 19.7. The van der Waals surface area contributed by atoms with E-state index in [2.05, 4.69) is 15.3 Å². The van der Waals surface area contributed by atoms with Gasteiger partial charge in [-0.2, -0.15) is 0 Å². The van der Waals surface area contributed by atoms with E-state index in [4.69, 9.17) is 0 Å². The van der Waals surface area contributed by atoms with E-state index in [0.717, 1.165) is 31.2 Å². The second-order valence-electron chi connectivity index (χ2n) is 9.21. The van der Waals surface area contributed by atoms with Crippen LogP contribution in [0.5, 0.6) is 0 Å². The molecule has 1 aliphatic heterocycles. The molecule has 3 aromatic rings. The lowest BCUT2D eigenvalue weighted by atomic mass is 10.1. The van der Waals surface area contributed by atoms with Crippen molar-refractivity contribution in [3.8, 4) is 0 Å². The largest absolute Gasteiger partial charge is 0.335 e. The van der Waals surface area contributed by atoms with Crippen molar-refractivity contribution >= 4 is 23.1 Å². The number of benzene rings is 1. The number of nitrogens with zero attached hydrogens (tertiary/aromatic N) is 5. The Morgan fingerprint density at radius 2 is 1.66 bits per heavy atom. The Morgan fingerprint density at radius 1 is 0.943 bits per heavy atom. The first-order chi connectivity index (χ1) is 17.1. The highest BCUT2D eigenvalue weighted by Gasteiger charge is 2.29. The predicted molar refractivity (Wildman–Crippen MR) is 132 cm³/mol. The first-order valence-electron chi connectivity index (χ1n) is 12.3. The van der Waals surface area contributed by atoms with Gasteiger partial charge < -0.3 is 15.1 Å². The molecule has 5 rings (SSSR count). The van der Waals surface area contributed by atoms with Crippen LogP contribution in [0.1, 0.15) is 41.7 Å². The van der Waals surface area contributed by atoms with Gasteiger partial charge in [-0.05, 0) is 37.0 Å². The molecule has 182 valence electrons. The van der Waals surface area contributed by atoms with Crippen LogP contribution in [0, 0.1) is 0 Å². The Labute approximate surface area is 203 Å². The molecular formula is C26H30N6O3. The minimum absolute atomic E-state index is 0.0674. The molecule has 9 nitrogen and oxygen atoms in total. The van der Waals surface area contributed by atoms with Gasteiger partial charge in [-0.15, -0.1) is 0 Å². The molecule has 3 amide bonds. The lowest BCUT2D eigenvalue weighted by molar-refractivity contribution is 0.0655. The SMILES string of the molecule is O=C(NC1CCCC1)N1CCN(C(=O)c2nc3cccnc3n(CCc3ccccc3)c2=O)CC1. The average Bonchev–Trinajstić information content (AvgIpc) is 3.41.